The summed E-state index contributed by atoms with van der Waals surface area (Å²) in [6, 6.07) is 19.7. The van der Waals surface area contributed by atoms with Crippen LogP contribution in [0.2, 0.25) is 0 Å². The number of hydrogen-bond acceptors (Lipinski definition) is 7. The molecule has 0 bridgehead atoms. The summed E-state index contributed by atoms with van der Waals surface area (Å²) in [5.74, 6) is 0. The highest BCUT2D eigenvalue weighted by atomic mass is 32.3. The summed E-state index contributed by atoms with van der Waals surface area (Å²) < 4.78 is 58.2. The molecular formula is C12H16N2O7S2. The Morgan fingerprint density at radius 3 is 1.00 bits per heavy atom. The van der Waals surface area contributed by atoms with Gasteiger partial charge in [0.1, 0.15) is 11.4 Å². The minimum absolute atomic E-state index is 1.07. The summed E-state index contributed by atoms with van der Waals surface area (Å²) in [5, 5.41) is 0. The van der Waals surface area contributed by atoms with Crippen molar-refractivity contribution in [2.24, 2.45) is 0 Å². The van der Waals surface area contributed by atoms with Crippen molar-refractivity contribution in [3.05, 3.63) is 60.7 Å². The highest BCUT2D eigenvalue weighted by Gasteiger charge is 1.99. The molecular weight excluding hydrogens is 348 g/mol. The Bertz CT molecular complexity index is 696. The fourth-order valence-electron chi connectivity index (χ4n) is 1.06. The van der Waals surface area contributed by atoms with Gasteiger partial charge in [-0.3, -0.25) is 0 Å². The fraction of sp³-hybridized carbons (Fsp3) is 0. The van der Waals surface area contributed by atoms with Crippen molar-refractivity contribution in [2.45, 2.75) is 0 Å². The van der Waals surface area contributed by atoms with Crippen molar-refractivity contribution in [1.82, 2.24) is 0 Å². The van der Waals surface area contributed by atoms with E-state index in [1.165, 1.54) is 0 Å². The lowest BCUT2D eigenvalue weighted by Crippen LogP contribution is -2.39. The van der Waals surface area contributed by atoms with Crippen molar-refractivity contribution in [2.75, 3.05) is 0 Å². The number of hydrogen-bond donors (Lipinski definition) is 2. The standard InChI is InChI=1S/2C6H7N.H2O7S2/c2*7-6-4-2-1-3-5-6;1-8(2,3)7-9(4,5)6/h2*1-5H,7H2;(H,1,2,3)(H,4,5,6). The highest BCUT2D eigenvalue weighted by molar-refractivity contribution is 7.94. The molecule has 0 radical (unpaired) electrons. The second kappa shape index (κ2) is 10.0. The lowest BCUT2D eigenvalue weighted by Gasteiger charge is -2.08. The SMILES string of the molecule is O=S(=O)([O-])OS(=O)(=O)[O-].[NH3+]c1ccccc1.[NH3+]c1ccccc1. The maximum absolute atomic E-state index is 9.29. The molecule has 6 N–H and O–H groups in total. The predicted octanol–water partition coefficient (Wildman–Crippen LogP) is -0.957. The van der Waals surface area contributed by atoms with Gasteiger partial charge >= 0.3 is 0 Å². The van der Waals surface area contributed by atoms with Crippen LogP contribution in [0.15, 0.2) is 60.7 Å². The van der Waals surface area contributed by atoms with Crippen LogP contribution in [0.3, 0.4) is 0 Å². The van der Waals surface area contributed by atoms with Crippen molar-refractivity contribution >= 4 is 32.2 Å². The van der Waals surface area contributed by atoms with Gasteiger partial charge < -0.3 is 20.6 Å². The molecule has 128 valence electrons. The van der Waals surface area contributed by atoms with E-state index in [1.54, 1.807) is 0 Å². The Kier molecular flexibility index (Phi) is 9.21. The average molecular weight is 364 g/mol. The number of quaternary nitrogens is 2. The number of benzene rings is 2. The Morgan fingerprint density at radius 2 is 0.913 bits per heavy atom. The van der Waals surface area contributed by atoms with Gasteiger partial charge in [-0.2, -0.15) is 3.63 Å². The Labute approximate surface area is 134 Å². The molecule has 9 nitrogen and oxygen atoms in total. The minimum atomic E-state index is -5.43. The molecule has 0 amide bonds. The third-order valence-corrected chi connectivity index (χ3v) is 3.19. The van der Waals surface area contributed by atoms with Crippen LogP contribution in [0.5, 0.6) is 0 Å². The molecule has 0 saturated carbocycles. The van der Waals surface area contributed by atoms with E-state index >= 15 is 0 Å². The maximum Gasteiger partial charge on any atom is 0.231 e. The summed E-state index contributed by atoms with van der Waals surface area (Å²) in [7, 11) is -10.9. The van der Waals surface area contributed by atoms with Crippen LogP contribution in [-0.4, -0.2) is 25.9 Å². The van der Waals surface area contributed by atoms with Crippen molar-refractivity contribution in [3.63, 3.8) is 0 Å². The molecule has 0 unspecified atom stereocenters. The second-order valence-electron chi connectivity index (χ2n) is 3.86. The van der Waals surface area contributed by atoms with E-state index in [1.807, 2.05) is 60.7 Å². The minimum Gasteiger partial charge on any atom is -0.725 e. The van der Waals surface area contributed by atoms with Crippen LogP contribution >= 0.6 is 0 Å². The molecule has 0 spiro atoms. The molecule has 23 heavy (non-hydrogen) atoms. The first kappa shape index (κ1) is 21.1. The first-order valence-electron chi connectivity index (χ1n) is 5.86. The Morgan fingerprint density at radius 1 is 0.652 bits per heavy atom. The van der Waals surface area contributed by atoms with Gasteiger partial charge in [0.2, 0.25) is 20.8 Å². The van der Waals surface area contributed by atoms with Crippen LogP contribution in [0, 0.1) is 0 Å². The van der Waals surface area contributed by atoms with E-state index in [9.17, 15) is 25.9 Å². The molecule has 2 aromatic rings. The molecule has 0 aliphatic rings. The molecule has 0 heterocycles. The van der Waals surface area contributed by atoms with Crippen LogP contribution in [0.25, 0.3) is 0 Å². The second-order valence-corrected chi connectivity index (χ2v) is 6.03. The quantitative estimate of drug-likeness (QED) is 0.508. The number of rotatable bonds is 2. The smallest absolute Gasteiger partial charge is 0.231 e. The molecule has 2 aromatic carbocycles. The first-order chi connectivity index (χ1) is 10.5. The third kappa shape index (κ3) is 16.3. The van der Waals surface area contributed by atoms with Gasteiger partial charge in [0.05, 0.1) is 0 Å². The Balaban J connectivity index is 0.000000318. The van der Waals surface area contributed by atoms with Crippen LogP contribution in [-0.2, 0) is 24.4 Å². The molecule has 11 heteroatoms. The molecule has 2 rings (SSSR count). The summed E-state index contributed by atoms with van der Waals surface area (Å²) >= 11 is 0. The zero-order valence-electron chi connectivity index (χ0n) is 11.9. The third-order valence-electron chi connectivity index (χ3n) is 1.85. The van der Waals surface area contributed by atoms with Gasteiger partial charge in [-0.15, -0.1) is 0 Å². The molecule has 0 aromatic heterocycles. The maximum atomic E-state index is 9.29. The van der Waals surface area contributed by atoms with Gasteiger partial charge in [-0.1, -0.05) is 36.4 Å². The highest BCUT2D eigenvalue weighted by Crippen LogP contribution is 1.94. The van der Waals surface area contributed by atoms with Crippen LogP contribution in [0.4, 0.5) is 11.4 Å². The van der Waals surface area contributed by atoms with E-state index < -0.39 is 20.8 Å². The summed E-state index contributed by atoms with van der Waals surface area (Å²) in [4.78, 5) is 0. The van der Waals surface area contributed by atoms with Crippen molar-refractivity contribution in [3.8, 4) is 0 Å². The normalized spacial score (nSPS) is 10.6. The molecule has 0 aliphatic heterocycles. The molecule has 0 aliphatic carbocycles. The van der Waals surface area contributed by atoms with E-state index in [2.05, 4.69) is 15.1 Å². The van der Waals surface area contributed by atoms with E-state index in [4.69, 9.17) is 0 Å². The van der Waals surface area contributed by atoms with Gasteiger partial charge in [0.25, 0.3) is 0 Å². The molecule has 0 fully saturated rings. The van der Waals surface area contributed by atoms with Crippen molar-refractivity contribution in [1.29, 1.82) is 0 Å². The lowest BCUT2D eigenvalue weighted by molar-refractivity contribution is -0.255. The summed E-state index contributed by atoms with van der Waals surface area (Å²) in [5.41, 5.74) is 9.58. The average Bonchev–Trinajstić information content (AvgIpc) is 2.37. The molecule has 0 saturated heterocycles. The van der Waals surface area contributed by atoms with Crippen molar-refractivity contribution < 1.29 is 41.0 Å². The van der Waals surface area contributed by atoms with Gasteiger partial charge in [0, 0.05) is 0 Å². The summed E-state index contributed by atoms with van der Waals surface area (Å²) in [6.07, 6.45) is 0. The zero-order valence-corrected chi connectivity index (χ0v) is 13.5. The lowest BCUT2D eigenvalue weighted by atomic mass is 10.3. The van der Waals surface area contributed by atoms with E-state index in [-0.39, 0.29) is 0 Å². The predicted molar refractivity (Wildman–Crippen MR) is 78.5 cm³/mol. The first-order valence-corrected chi connectivity index (χ1v) is 8.53. The zero-order chi connectivity index (χ0) is 17.9. The summed E-state index contributed by atoms with van der Waals surface area (Å²) in [6.45, 7) is 0. The van der Waals surface area contributed by atoms with E-state index in [0.717, 1.165) is 11.4 Å². The van der Waals surface area contributed by atoms with Gasteiger partial charge in [-0.25, -0.2) is 16.8 Å². The monoisotopic (exact) mass is 364 g/mol. The van der Waals surface area contributed by atoms with Gasteiger partial charge in [0.15, 0.2) is 0 Å². The van der Waals surface area contributed by atoms with Crippen LogP contribution in [0.1, 0.15) is 0 Å². The van der Waals surface area contributed by atoms with Crippen LogP contribution < -0.4 is 11.5 Å². The van der Waals surface area contributed by atoms with Gasteiger partial charge in [-0.05, 0) is 24.3 Å². The largest absolute Gasteiger partial charge is 0.725 e. The Hall–Kier alpha value is -1.86. The fourth-order valence-corrected chi connectivity index (χ4v) is 1.87. The molecule has 0 atom stereocenters. The van der Waals surface area contributed by atoms with E-state index in [0.29, 0.717) is 0 Å². The topological polar surface area (TPSA) is 179 Å².